The van der Waals surface area contributed by atoms with E-state index < -0.39 is 0 Å². The molecule has 0 aliphatic rings. The summed E-state index contributed by atoms with van der Waals surface area (Å²) >= 11 is 0. The molecule has 8 heteroatoms. The molecule has 0 bridgehead atoms. The Balaban J connectivity index is 4.01. The van der Waals surface area contributed by atoms with Gasteiger partial charge in [-0.25, -0.2) is 4.79 Å². The molecule has 0 saturated heterocycles. The molecule has 48 heavy (non-hydrogen) atoms. The smallest absolute Gasteiger partial charge is 0.409 e. The summed E-state index contributed by atoms with van der Waals surface area (Å²) in [6, 6.07) is 0. The number of unbranched alkanes of at least 4 members (excludes halogenated alkanes) is 16. The molecule has 280 valence electrons. The third-order valence-corrected chi connectivity index (χ3v) is 8.17. The predicted molar refractivity (Wildman–Crippen MR) is 199 cm³/mol. The number of nitrogens with zero attached hydrogens (tertiary/aromatic N) is 2. The van der Waals surface area contributed by atoms with Crippen molar-refractivity contribution in [3.63, 3.8) is 0 Å². The summed E-state index contributed by atoms with van der Waals surface area (Å²) in [5.41, 5.74) is 0. The van der Waals surface area contributed by atoms with Crippen LogP contribution < -0.4 is 0 Å². The van der Waals surface area contributed by atoms with Crippen LogP contribution in [-0.2, 0) is 23.8 Å². The fourth-order valence-electron chi connectivity index (χ4n) is 5.32. The zero-order valence-corrected chi connectivity index (χ0v) is 31.7. The lowest BCUT2D eigenvalue weighted by Crippen LogP contribution is -2.34. The Kier molecular flexibility index (Phi) is 34.2. The highest BCUT2D eigenvalue weighted by molar-refractivity contribution is 5.71. The molecule has 0 rings (SSSR count). The fourth-order valence-corrected chi connectivity index (χ4v) is 5.32. The molecule has 0 atom stereocenters. The van der Waals surface area contributed by atoms with Crippen LogP contribution in [0.1, 0.15) is 162 Å². The molecule has 0 N–H and O–H groups in total. The van der Waals surface area contributed by atoms with Gasteiger partial charge in [-0.15, -0.1) is 0 Å². The maximum Gasteiger partial charge on any atom is 0.409 e. The minimum atomic E-state index is -0.146. The van der Waals surface area contributed by atoms with Gasteiger partial charge in [-0.1, -0.05) is 115 Å². The van der Waals surface area contributed by atoms with Crippen molar-refractivity contribution < 1.29 is 28.6 Å². The number of rotatable bonds is 34. The van der Waals surface area contributed by atoms with E-state index in [9.17, 15) is 14.4 Å². The predicted octanol–water partition coefficient (Wildman–Crippen LogP) is 10.2. The Labute approximate surface area is 295 Å². The number of allylic oxidation sites excluding steroid dienone is 2. The number of carbonyl (C=O) groups is 3. The molecule has 8 nitrogen and oxygen atoms in total. The second-order valence-corrected chi connectivity index (χ2v) is 13.3. The van der Waals surface area contributed by atoms with Crippen molar-refractivity contribution in [1.82, 2.24) is 9.80 Å². The summed E-state index contributed by atoms with van der Waals surface area (Å²) in [7, 11) is 4.08. The van der Waals surface area contributed by atoms with Crippen LogP contribution in [0.4, 0.5) is 4.79 Å². The first kappa shape index (κ1) is 45.6. The number of hydrogen-bond acceptors (Lipinski definition) is 7. The number of hydrogen-bond donors (Lipinski definition) is 0. The number of amides is 1. The molecule has 0 spiro atoms. The molecular weight excluding hydrogens is 604 g/mol. The Hall–Kier alpha value is -2.35. The molecule has 0 unspecified atom stereocenters. The van der Waals surface area contributed by atoms with Gasteiger partial charge in [-0.3, -0.25) is 9.59 Å². The van der Waals surface area contributed by atoms with Gasteiger partial charge in [0.05, 0.1) is 32.7 Å². The summed E-state index contributed by atoms with van der Waals surface area (Å²) < 4.78 is 15.8. The minimum Gasteiger partial charge on any atom is -0.465 e. The van der Waals surface area contributed by atoms with Crippen molar-refractivity contribution >= 4 is 18.0 Å². The first-order valence-electron chi connectivity index (χ1n) is 19.6. The first-order valence-corrected chi connectivity index (χ1v) is 19.6. The summed E-state index contributed by atoms with van der Waals surface area (Å²) in [6.45, 7) is 8.01. The van der Waals surface area contributed by atoms with Crippen molar-refractivity contribution in [1.29, 1.82) is 0 Å². The van der Waals surface area contributed by atoms with E-state index in [1.807, 2.05) is 45.0 Å². The quantitative estimate of drug-likeness (QED) is 0.0290. The topological polar surface area (TPSA) is 85.4 Å². The highest BCUT2D eigenvalue weighted by Crippen LogP contribution is 2.13. The summed E-state index contributed by atoms with van der Waals surface area (Å²) in [6.07, 6.45) is 32.5. The molecule has 0 fully saturated rings. The maximum absolute atomic E-state index is 12.8. The molecule has 0 aromatic rings. The molecule has 0 aromatic carbocycles. The molecule has 0 aliphatic carbocycles. The zero-order valence-electron chi connectivity index (χ0n) is 31.7. The SMILES string of the molecule is CCCOC(=O)C/C=C\CCCCCCCCCCN(CCCCCCCCCC/C=C\CC(=O)OCCC)C(=O)OCCCN(C)C. The van der Waals surface area contributed by atoms with Crippen LogP contribution in [-0.4, -0.2) is 81.4 Å². The Morgan fingerprint density at radius 2 is 0.854 bits per heavy atom. The van der Waals surface area contributed by atoms with E-state index in [0.717, 1.165) is 77.4 Å². The lowest BCUT2D eigenvalue weighted by atomic mass is 10.1. The monoisotopic (exact) mass is 679 g/mol. The highest BCUT2D eigenvalue weighted by atomic mass is 16.6. The summed E-state index contributed by atoms with van der Waals surface area (Å²) in [4.78, 5) is 39.9. The van der Waals surface area contributed by atoms with Gasteiger partial charge in [0.25, 0.3) is 0 Å². The molecular formula is C40H74N2O6. The second-order valence-electron chi connectivity index (χ2n) is 13.3. The standard InChI is InChI=1S/C40H74N2O6/c1-5-35-46-38(43)30-25-21-17-13-9-7-11-15-19-23-27-33-42(40(45)48-37-29-32-41(3)4)34-28-24-20-16-12-8-10-14-18-22-26-31-39(44)47-36-6-2/h21-22,25-26H,5-20,23-24,27-37H2,1-4H3/b25-21-,26-22-. The Morgan fingerprint density at radius 3 is 1.25 bits per heavy atom. The zero-order chi connectivity index (χ0) is 35.3. The lowest BCUT2D eigenvalue weighted by molar-refractivity contribution is -0.143. The van der Waals surface area contributed by atoms with Gasteiger partial charge >= 0.3 is 18.0 Å². The average molecular weight is 679 g/mol. The third kappa shape index (κ3) is 33.5. The van der Waals surface area contributed by atoms with Gasteiger partial charge < -0.3 is 24.0 Å². The largest absolute Gasteiger partial charge is 0.465 e. The van der Waals surface area contributed by atoms with Crippen LogP contribution in [0.5, 0.6) is 0 Å². The van der Waals surface area contributed by atoms with Gasteiger partial charge in [0.15, 0.2) is 0 Å². The fraction of sp³-hybridized carbons (Fsp3) is 0.825. The van der Waals surface area contributed by atoms with Gasteiger partial charge in [0.2, 0.25) is 0 Å². The van der Waals surface area contributed by atoms with E-state index in [2.05, 4.69) is 17.1 Å². The van der Waals surface area contributed by atoms with Crippen molar-refractivity contribution in [2.75, 3.05) is 53.6 Å². The number of ether oxygens (including phenoxy) is 3. The number of carbonyl (C=O) groups excluding carboxylic acids is 3. The van der Waals surface area contributed by atoms with Gasteiger partial charge in [-0.05, 0) is 71.9 Å². The summed E-state index contributed by atoms with van der Waals surface area (Å²) in [5.74, 6) is -0.263. The van der Waals surface area contributed by atoms with Gasteiger partial charge in [0.1, 0.15) is 0 Å². The molecule has 0 radical (unpaired) electrons. The van der Waals surface area contributed by atoms with Crippen LogP contribution in [0.15, 0.2) is 24.3 Å². The van der Waals surface area contributed by atoms with Crippen LogP contribution in [0.3, 0.4) is 0 Å². The Bertz CT molecular complexity index is 762. The summed E-state index contributed by atoms with van der Waals surface area (Å²) in [5, 5.41) is 0. The van der Waals surface area contributed by atoms with Crippen LogP contribution >= 0.6 is 0 Å². The average Bonchev–Trinajstić information content (AvgIpc) is 3.07. The second kappa shape index (κ2) is 35.9. The molecule has 0 aromatic heterocycles. The van der Waals surface area contributed by atoms with E-state index in [1.165, 1.54) is 77.0 Å². The van der Waals surface area contributed by atoms with Crippen LogP contribution in [0.25, 0.3) is 0 Å². The first-order chi connectivity index (χ1) is 23.4. The van der Waals surface area contributed by atoms with Crippen molar-refractivity contribution in [3.8, 4) is 0 Å². The van der Waals surface area contributed by atoms with E-state index in [4.69, 9.17) is 14.2 Å². The highest BCUT2D eigenvalue weighted by Gasteiger charge is 2.14. The molecule has 0 heterocycles. The van der Waals surface area contributed by atoms with Crippen molar-refractivity contribution in [3.05, 3.63) is 24.3 Å². The van der Waals surface area contributed by atoms with Crippen molar-refractivity contribution in [2.24, 2.45) is 0 Å². The molecule has 0 saturated carbocycles. The number of esters is 2. The van der Waals surface area contributed by atoms with Gasteiger partial charge in [-0.2, -0.15) is 0 Å². The van der Waals surface area contributed by atoms with Crippen LogP contribution in [0, 0.1) is 0 Å². The third-order valence-electron chi connectivity index (χ3n) is 8.17. The Morgan fingerprint density at radius 1 is 0.458 bits per heavy atom. The lowest BCUT2D eigenvalue weighted by Gasteiger charge is -2.22. The normalized spacial score (nSPS) is 11.5. The molecule has 1 amide bonds. The van der Waals surface area contributed by atoms with E-state index in [0.29, 0.717) is 32.7 Å². The van der Waals surface area contributed by atoms with E-state index >= 15 is 0 Å². The van der Waals surface area contributed by atoms with E-state index in [1.54, 1.807) is 0 Å². The minimum absolute atomic E-state index is 0.132. The van der Waals surface area contributed by atoms with Crippen molar-refractivity contribution in [2.45, 2.75) is 162 Å². The molecule has 0 aliphatic heterocycles. The van der Waals surface area contributed by atoms with Crippen LogP contribution in [0.2, 0.25) is 0 Å². The maximum atomic E-state index is 12.8. The van der Waals surface area contributed by atoms with E-state index in [-0.39, 0.29) is 18.0 Å². The van der Waals surface area contributed by atoms with Gasteiger partial charge in [0, 0.05) is 19.6 Å².